The Morgan fingerprint density at radius 2 is 1.93 bits per heavy atom. The molecule has 0 unspecified atom stereocenters. The van der Waals surface area contributed by atoms with Crippen molar-refractivity contribution < 1.29 is 30.0 Å². The third-order valence-electron chi connectivity index (χ3n) is 2.26. The maximum absolute atomic E-state index is 10.9. The highest BCUT2D eigenvalue weighted by Crippen LogP contribution is 2.22. The van der Waals surface area contributed by atoms with Gasteiger partial charge in [-0.05, 0) is 19.4 Å². The van der Waals surface area contributed by atoms with E-state index in [1.54, 1.807) is 13.8 Å². The lowest BCUT2D eigenvalue weighted by molar-refractivity contribution is -0.150. The van der Waals surface area contributed by atoms with Crippen LogP contribution in [0.4, 0.5) is 0 Å². The predicted octanol–water partition coefficient (Wildman–Crippen LogP) is -1.15. The van der Waals surface area contributed by atoms with Crippen LogP contribution in [0.2, 0.25) is 0 Å². The highest BCUT2D eigenvalue weighted by molar-refractivity contribution is 5.77. The zero-order chi connectivity index (χ0) is 11.7. The zero-order valence-corrected chi connectivity index (χ0v) is 8.41. The van der Waals surface area contributed by atoms with Crippen LogP contribution in [-0.2, 0) is 9.53 Å². The molecule has 0 bridgehead atoms. The quantitative estimate of drug-likeness (QED) is 0.344. The maximum atomic E-state index is 10.9. The minimum atomic E-state index is -1.67. The first-order valence-corrected chi connectivity index (χ1v) is 4.47. The largest absolute Gasteiger partial charge is 0.509 e. The van der Waals surface area contributed by atoms with Gasteiger partial charge >= 0.3 is 5.97 Å². The van der Waals surface area contributed by atoms with E-state index in [1.165, 1.54) is 0 Å². The Morgan fingerprint density at radius 1 is 1.40 bits per heavy atom. The number of hydrogen-bond donors (Lipinski definition) is 4. The van der Waals surface area contributed by atoms with Crippen molar-refractivity contribution >= 4 is 5.97 Å². The van der Waals surface area contributed by atoms with Crippen molar-refractivity contribution in [3.63, 3.8) is 0 Å². The third-order valence-corrected chi connectivity index (χ3v) is 2.26. The molecule has 0 aromatic rings. The van der Waals surface area contributed by atoms with Crippen molar-refractivity contribution in [3.05, 3.63) is 11.3 Å². The summed E-state index contributed by atoms with van der Waals surface area (Å²) < 4.78 is 4.54. The lowest BCUT2D eigenvalue weighted by Crippen LogP contribution is -2.39. The molecule has 86 valence electrons. The van der Waals surface area contributed by atoms with Crippen LogP contribution < -0.4 is 0 Å². The minimum Gasteiger partial charge on any atom is -0.509 e. The Bertz CT molecular complexity index is 293. The van der Waals surface area contributed by atoms with Crippen molar-refractivity contribution in [2.75, 3.05) is 0 Å². The zero-order valence-electron chi connectivity index (χ0n) is 8.41. The molecular formula is C9H14O6. The molecule has 6 nitrogen and oxygen atoms in total. The second kappa shape index (κ2) is 4.18. The van der Waals surface area contributed by atoms with Gasteiger partial charge in [-0.2, -0.15) is 0 Å². The highest BCUT2D eigenvalue weighted by atomic mass is 16.6. The second-order valence-electron chi connectivity index (χ2n) is 3.67. The Kier molecular flexibility index (Phi) is 3.33. The summed E-state index contributed by atoms with van der Waals surface area (Å²) in [4.78, 5) is 10.9. The number of esters is 1. The summed E-state index contributed by atoms with van der Waals surface area (Å²) in [6.45, 7) is 3.11. The van der Waals surface area contributed by atoms with Crippen molar-refractivity contribution in [2.24, 2.45) is 0 Å². The van der Waals surface area contributed by atoms with E-state index in [2.05, 4.69) is 4.74 Å². The minimum absolute atomic E-state index is 0.374. The molecule has 0 aromatic heterocycles. The van der Waals surface area contributed by atoms with E-state index in [0.717, 1.165) is 0 Å². The first-order valence-electron chi connectivity index (χ1n) is 4.47. The standard InChI is InChI=1S/C9H14O6/c1-3(2)4(10)5(11)8-6(12)7(13)9(14)15-8/h5-8,10-13H,1-2H3/t5-,6-,7+,8-/m1/s1. The van der Waals surface area contributed by atoms with E-state index in [4.69, 9.17) is 5.11 Å². The van der Waals surface area contributed by atoms with E-state index < -0.39 is 30.4 Å². The Hall–Kier alpha value is -1.11. The van der Waals surface area contributed by atoms with E-state index in [1.807, 2.05) is 0 Å². The van der Waals surface area contributed by atoms with Crippen LogP contribution in [0.15, 0.2) is 11.3 Å². The number of cyclic esters (lactones) is 1. The lowest BCUT2D eigenvalue weighted by Gasteiger charge is -2.20. The molecule has 1 fully saturated rings. The van der Waals surface area contributed by atoms with Crippen LogP contribution >= 0.6 is 0 Å². The fraction of sp³-hybridized carbons (Fsp3) is 0.667. The average molecular weight is 218 g/mol. The molecule has 0 aliphatic carbocycles. The molecule has 1 saturated heterocycles. The molecule has 6 heteroatoms. The topological polar surface area (TPSA) is 107 Å². The van der Waals surface area contributed by atoms with Gasteiger partial charge in [0.2, 0.25) is 0 Å². The number of ether oxygens (including phenoxy) is 1. The molecule has 0 radical (unpaired) electrons. The van der Waals surface area contributed by atoms with Gasteiger partial charge in [0.25, 0.3) is 0 Å². The van der Waals surface area contributed by atoms with E-state index >= 15 is 0 Å². The number of carbonyl (C=O) groups is 1. The summed E-state index contributed by atoms with van der Waals surface area (Å²) in [5.41, 5.74) is 0.437. The van der Waals surface area contributed by atoms with Gasteiger partial charge in [0.1, 0.15) is 11.9 Å². The van der Waals surface area contributed by atoms with Gasteiger partial charge in [-0.1, -0.05) is 0 Å². The third kappa shape index (κ3) is 2.11. The van der Waals surface area contributed by atoms with Gasteiger partial charge < -0.3 is 25.2 Å². The molecule has 15 heavy (non-hydrogen) atoms. The fourth-order valence-corrected chi connectivity index (χ4v) is 1.30. The summed E-state index contributed by atoms with van der Waals surface area (Å²) in [6.07, 6.45) is -6.06. The number of hydrogen-bond acceptors (Lipinski definition) is 6. The highest BCUT2D eigenvalue weighted by Gasteiger charge is 2.47. The van der Waals surface area contributed by atoms with E-state index in [0.29, 0.717) is 5.57 Å². The maximum Gasteiger partial charge on any atom is 0.338 e. The monoisotopic (exact) mass is 218 g/mol. The Morgan fingerprint density at radius 3 is 2.27 bits per heavy atom. The predicted molar refractivity (Wildman–Crippen MR) is 48.9 cm³/mol. The van der Waals surface area contributed by atoms with Crippen LogP contribution in [0.1, 0.15) is 13.8 Å². The summed E-state index contributed by atoms with van der Waals surface area (Å²) in [5, 5.41) is 37.3. The van der Waals surface area contributed by atoms with Gasteiger partial charge in [-0.3, -0.25) is 0 Å². The second-order valence-corrected chi connectivity index (χ2v) is 3.67. The fourth-order valence-electron chi connectivity index (χ4n) is 1.30. The summed E-state index contributed by atoms with van der Waals surface area (Å²) in [5.74, 6) is -1.38. The van der Waals surface area contributed by atoms with Gasteiger partial charge in [0.15, 0.2) is 18.3 Å². The molecular weight excluding hydrogens is 204 g/mol. The van der Waals surface area contributed by atoms with E-state index in [-0.39, 0.29) is 5.76 Å². The van der Waals surface area contributed by atoms with Crippen LogP contribution in [0, 0.1) is 0 Å². The van der Waals surface area contributed by atoms with E-state index in [9.17, 15) is 20.1 Å². The van der Waals surface area contributed by atoms with Crippen molar-refractivity contribution in [1.82, 2.24) is 0 Å². The van der Waals surface area contributed by atoms with Crippen LogP contribution in [0.3, 0.4) is 0 Å². The molecule has 4 N–H and O–H groups in total. The Labute approximate surface area is 86.4 Å². The molecule has 1 rings (SSSR count). The molecule has 4 atom stereocenters. The number of rotatable bonds is 2. The SMILES string of the molecule is CC(C)=C(O)[C@@H](O)[C@H]1OC(=O)[C@@H](O)[C@H]1O. The summed E-state index contributed by atoms with van der Waals surface area (Å²) in [6, 6.07) is 0. The van der Waals surface area contributed by atoms with Crippen molar-refractivity contribution in [1.29, 1.82) is 0 Å². The molecule has 0 aromatic carbocycles. The Balaban J connectivity index is 2.83. The van der Waals surface area contributed by atoms with Gasteiger partial charge in [0, 0.05) is 0 Å². The number of carbonyl (C=O) groups excluding carboxylic acids is 1. The summed E-state index contributed by atoms with van der Waals surface area (Å²) >= 11 is 0. The van der Waals surface area contributed by atoms with Crippen molar-refractivity contribution in [2.45, 2.75) is 38.3 Å². The van der Waals surface area contributed by atoms with Crippen molar-refractivity contribution in [3.8, 4) is 0 Å². The molecule has 0 saturated carbocycles. The molecule has 1 aliphatic rings. The number of aliphatic hydroxyl groups excluding tert-OH is 4. The molecule has 1 heterocycles. The first-order chi connectivity index (χ1) is 6.86. The average Bonchev–Trinajstić information content (AvgIpc) is 2.43. The number of allylic oxidation sites excluding steroid dienone is 1. The molecule has 0 amide bonds. The normalized spacial score (nSPS) is 32.3. The van der Waals surface area contributed by atoms with Gasteiger partial charge in [-0.15, -0.1) is 0 Å². The van der Waals surface area contributed by atoms with Crippen LogP contribution in [0.5, 0.6) is 0 Å². The van der Waals surface area contributed by atoms with Crippen LogP contribution in [-0.4, -0.2) is 50.8 Å². The summed E-state index contributed by atoms with van der Waals surface area (Å²) in [7, 11) is 0. The first kappa shape index (κ1) is 12.0. The smallest absolute Gasteiger partial charge is 0.338 e. The molecule has 1 aliphatic heterocycles. The van der Waals surface area contributed by atoms with Gasteiger partial charge in [-0.25, -0.2) is 4.79 Å². The number of aliphatic hydroxyl groups is 4. The molecule has 0 spiro atoms. The van der Waals surface area contributed by atoms with Gasteiger partial charge in [0.05, 0.1) is 0 Å². The lowest BCUT2D eigenvalue weighted by atomic mass is 10.0. The van der Waals surface area contributed by atoms with Crippen LogP contribution in [0.25, 0.3) is 0 Å².